The molecule has 110 valence electrons. The minimum atomic E-state index is -0.0331. The molecule has 6 nitrogen and oxygen atoms in total. The Morgan fingerprint density at radius 3 is 3.14 bits per heavy atom. The highest BCUT2D eigenvalue weighted by atomic mass is 32.1. The van der Waals surface area contributed by atoms with Gasteiger partial charge >= 0.3 is 0 Å². The van der Waals surface area contributed by atoms with E-state index in [1.807, 2.05) is 25.1 Å². The van der Waals surface area contributed by atoms with E-state index in [0.717, 1.165) is 26.6 Å². The maximum absolute atomic E-state index is 11.3. The summed E-state index contributed by atoms with van der Waals surface area (Å²) in [7, 11) is 0. The van der Waals surface area contributed by atoms with Crippen molar-refractivity contribution in [2.75, 3.05) is 18.4 Å². The Kier molecular flexibility index (Phi) is 3.85. The standard InChI is InChI=1S/C14H17N5OS/c1-8-6-12(20)18-19-13(8)9-2-3-11-10(7-9)17-14(21-11)16-5-4-15/h2-3,7-8H,4-6,15H2,1H3,(H,16,17)(H,18,20). The van der Waals surface area contributed by atoms with E-state index in [1.165, 1.54) is 0 Å². The summed E-state index contributed by atoms with van der Waals surface area (Å²) in [5.41, 5.74) is 10.9. The van der Waals surface area contributed by atoms with Gasteiger partial charge in [-0.25, -0.2) is 10.4 Å². The fraction of sp³-hybridized carbons (Fsp3) is 0.357. The van der Waals surface area contributed by atoms with E-state index >= 15 is 0 Å². The largest absolute Gasteiger partial charge is 0.360 e. The summed E-state index contributed by atoms with van der Waals surface area (Å²) in [4.78, 5) is 15.9. The molecule has 1 aliphatic rings. The van der Waals surface area contributed by atoms with E-state index in [9.17, 15) is 4.79 Å². The number of amides is 1. The highest BCUT2D eigenvalue weighted by Gasteiger charge is 2.22. The van der Waals surface area contributed by atoms with Crippen molar-refractivity contribution in [1.29, 1.82) is 0 Å². The molecule has 0 aliphatic carbocycles. The van der Waals surface area contributed by atoms with Crippen LogP contribution in [0.15, 0.2) is 23.3 Å². The first-order chi connectivity index (χ1) is 10.2. The summed E-state index contributed by atoms with van der Waals surface area (Å²) in [5.74, 6) is 0.0823. The van der Waals surface area contributed by atoms with Crippen molar-refractivity contribution in [1.82, 2.24) is 10.4 Å². The van der Waals surface area contributed by atoms with Crippen molar-refractivity contribution in [3.8, 4) is 0 Å². The predicted molar refractivity (Wildman–Crippen MR) is 85.6 cm³/mol. The van der Waals surface area contributed by atoms with Crippen LogP contribution in [0.25, 0.3) is 10.2 Å². The van der Waals surface area contributed by atoms with E-state index in [-0.39, 0.29) is 11.8 Å². The third-order valence-electron chi connectivity index (χ3n) is 3.36. The Balaban J connectivity index is 1.92. The molecule has 1 aromatic heterocycles. The Hall–Kier alpha value is -1.99. The van der Waals surface area contributed by atoms with Crippen LogP contribution in [0.2, 0.25) is 0 Å². The molecular formula is C14H17N5OS. The van der Waals surface area contributed by atoms with Crippen LogP contribution in [0.1, 0.15) is 18.9 Å². The van der Waals surface area contributed by atoms with Gasteiger partial charge in [-0.1, -0.05) is 24.3 Å². The highest BCUT2D eigenvalue weighted by molar-refractivity contribution is 7.22. The lowest BCUT2D eigenvalue weighted by atomic mass is 9.94. The summed E-state index contributed by atoms with van der Waals surface area (Å²) in [6.45, 7) is 3.30. The minimum Gasteiger partial charge on any atom is -0.360 e. The van der Waals surface area contributed by atoms with Gasteiger partial charge in [0.1, 0.15) is 0 Å². The molecule has 0 bridgehead atoms. The molecular weight excluding hydrogens is 286 g/mol. The first-order valence-corrected chi connectivity index (χ1v) is 7.70. The van der Waals surface area contributed by atoms with Crippen LogP contribution in [0.4, 0.5) is 5.13 Å². The van der Waals surface area contributed by atoms with Gasteiger partial charge < -0.3 is 11.1 Å². The van der Waals surface area contributed by atoms with Gasteiger partial charge in [-0.05, 0) is 12.1 Å². The molecule has 0 spiro atoms. The summed E-state index contributed by atoms with van der Waals surface area (Å²) in [6.07, 6.45) is 0.469. The predicted octanol–water partition coefficient (Wildman–Crippen LogP) is 1.53. The number of nitrogens with one attached hydrogen (secondary N) is 2. The molecule has 0 fully saturated rings. The summed E-state index contributed by atoms with van der Waals surface area (Å²) < 4.78 is 1.12. The lowest BCUT2D eigenvalue weighted by molar-refractivity contribution is -0.121. The lowest BCUT2D eigenvalue weighted by Crippen LogP contribution is -2.31. The van der Waals surface area contributed by atoms with Gasteiger partial charge in [0.15, 0.2) is 5.13 Å². The molecule has 2 aromatic rings. The maximum atomic E-state index is 11.3. The van der Waals surface area contributed by atoms with Crippen LogP contribution < -0.4 is 16.5 Å². The summed E-state index contributed by atoms with van der Waals surface area (Å²) in [5, 5.41) is 8.25. The first-order valence-electron chi connectivity index (χ1n) is 6.88. The first kappa shape index (κ1) is 14.0. The van der Waals surface area contributed by atoms with Gasteiger partial charge in [-0.3, -0.25) is 4.79 Å². The van der Waals surface area contributed by atoms with Crippen molar-refractivity contribution in [2.45, 2.75) is 13.3 Å². The lowest BCUT2D eigenvalue weighted by Gasteiger charge is -2.18. The molecule has 2 heterocycles. The van der Waals surface area contributed by atoms with Crippen molar-refractivity contribution < 1.29 is 4.79 Å². The zero-order valence-corrected chi connectivity index (χ0v) is 12.5. The van der Waals surface area contributed by atoms with E-state index in [1.54, 1.807) is 11.3 Å². The number of thiazole rings is 1. The third kappa shape index (κ3) is 2.88. The second kappa shape index (κ2) is 5.79. The molecule has 0 saturated heterocycles. The zero-order chi connectivity index (χ0) is 14.8. The molecule has 3 rings (SSSR count). The number of rotatable bonds is 4. The quantitative estimate of drug-likeness (QED) is 0.798. The maximum Gasteiger partial charge on any atom is 0.240 e. The van der Waals surface area contributed by atoms with Gasteiger partial charge in [0.05, 0.1) is 15.9 Å². The molecule has 1 atom stereocenters. The van der Waals surface area contributed by atoms with Crippen molar-refractivity contribution in [3.63, 3.8) is 0 Å². The molecule has 7 heteroatoms. The smallest absolute Gasteiger partial charge is 0.240 e. The van der Waals surface area contributed by atoms with Crippen LogP contribution >= 0.6 is 11.3 Å². The molecule has 1 aromatic carbocycles. The number of hydrazone groups is 1. The second-order valence-corrected chi connectivity index (χ2v) is 6.08. The Morgan fingerprint density at radius 2 is 2.38 bits per heavy atom. The summed E-state index contributed by atoms with van der Waals surface area (Å²) >= 11 is 1.61. The van der Waals surface area contributed by atoms with Gasteiger partial charge in [0.25, 0.3) is 0 Å². The number of anilines is 1. The Bertz CT molecular complexity index is 708. The van der Waals surface area contributed by atoms with Gasteiger partial charge in [0, 0.05) is 31.0 Å². The Labute approximate surface area is 126 Å². The van der Waals surface area contributed by atoms with E-state index in [4.69, 9.17) is 5.73 Å². The van der Waals surface area contributed by atoms with Crippen molar-refractivity contribution >= 4 is 38.3 Å². The van der Waals surface area contributed by atoms with Crippen LogP contribution in [0, 0.1) is 5.92 Å². The summed E-state index contributed by atoms with van der Waals surface area (Å²) in [6, 6.07) is 6.09. The second-order valence-electron chi connectivity index (χ2n) is 5.05. The van der Waals surface area contributed by atoms with E-state index in [0.29, 0.717) is 19.5 Å². The topological polar surface area (TPSA) is 92.4 Å². The number of aromatic nitrogens is 1. The van der Waals surface area contributed by atoms with Crippen molar-refractivity contribution in [3.05, 3.63) is 23.8 Å². The number of hydrogen-bond acceptors (Lipinski definition) is 6. The van der Waals surface area contributed by atoms with Crippen LogP contribution in [0.3, 0.4) is 0 Å². The number of carbonyl (C=O) groups excluding carboxylic acids is 1. The van der Waals surface area contributed by atoms with Crippen LogP contribution in [0.5, 0.6) is 0 Å². The average molecular weight is 303 g/mol. The fourth-order valence-electron chi connectivity index (χ4n) is 2.34. The van der Waals surface area contributed by atoms with E-state index in [2.05, 4.69) is 20.8 Å². The van der Waals surface area contributed by atoms with Gasteiger partial charge in [0.2, 0.25) is 5.91 Å². The van der Waals surface area contributed by atoms with Crippen LogP contribution in [-0.2, 0) is 4.79 Å². The fourth-order valence-corrected chi connectivity index (χ4v) is 3.22. The third-order valence-corrected chi connectivity index (χ3v) is 4.36. The number of carbonyl (C=O) groups is 1. The molecule has 1 aliphatic heterocycles. The molecule has 21 heavy (non-hydrogen) atoms. The molecule has 4 N–H and O–H groups in total. The average Bonchev–Trinajstić information content (AvgIpc) is 2.87. The van der Waals surface area contributed by atoms with E-state index < -0.39 is 0 Å². The molecule has 0 radical (unpaired) electrons. The monoisotopic (exact) mass is 303 g/mol. The SMILES string of the molecule is CC1CC(=O)NN=C1c1ccc2sc(NCCN)nc2c1. The number of nitrogens with zero attached hydrogens (tertiary/aromatic N) is 2. The number of hydrogen-bond donors (Lipinski definition) is 3. The molecule has 0 saturated carbocycles. The zero-order valence-electron chi connectivity index (χ0n) is 11.7. The minimum absolute atomic E-state index is 0.0331. The molecule has 1 amide bonds. The van der Waals surface area contributed by atoms with Gasteiger partial charge in [-0.15, -0.1) is 0 Å². The Morgan fingerprint density at radius 1 is 1.52 bits per heavy atom. The van der Waals surface area contributed by atoms with Crippen LogP contribution in [-0.4, -0.2) is 29.7 Å². The normalized spacial score (nSPS) is 18.5. The number of nitrogens with two attached hydrogens (primary N) is 1. The van der Waals surface area contributed by atoms with Gasteiger partial charge in [-0.2, -0.15) is 5.10 Å². The number of fused-ring (bicyclic) bond motifs is 1. The number of benzene rings is 1. The highest BCUT2D eigenvalue weighted by Crippen LogP contribution is 2.28. The molecule has 1 unspecified atom stereocenters. The van der Waals surface area contributed by atoms with Crippen molar-refractivity contribution in [2.24, 2.45) is 16.8 Å².